The zero-order valence-corrected chi connectivity index (χ0v) is 20.6. The van der Waals surface area contributed by atoms with E-state index in [2.05, 4.69) is 38.7 Å². The van der Waals surface area contributed by atoms with E-state index < -0.39 is 0 Å². The Morgan fingerprint density at radius 1 is 0.971 bits per heavy atom. The summed E-state index contributed by atoms with van der Waals surface area (Å²) < 4.78 is 0. The van der Waals surface area contributed by atoms with Gasteiger partial charge >= 0.3 is 0 Å². The van der Waals surface area contributed by atoms with Crippen LogP contribution in [-0.2, 0) is 0 Å². The summed E-state index contributed by atoms with van der Waals surface area (Å²) in [7, 11) is 0. The predicted molar refractivity (Wildman–Crippen MR) is 142 cm³/mol. The van der Waals surface area contributed by atoms with Crippen LogP contribution in [0, 0.1) is 11.3 Å². The van der Waals surface area contributed by atoms with Crippen LogP contribution in [0.2, 0.25) is 5.02 Å². The second kappa shape index (κ2) is 11.1. The van der Waals surface area contributed by atoms with Gasteiger partial charge in [0.2, 0.25) is 5.95 Å². The minimum absolute atomic E-state index is 0.300. The molecule has 0 spiro atoms. The Morgan fingerprint density at radius 2 is 1.80 bits per heavy atom. The van der Waals surface area contributed by atoms with Crippen molar-refractivity contribution in [1.29, 1.82) is 5.26 Å². The van der Waals surface area contributed by atoms with Crippen molar-refractivity contribution < 1.29 is 0 Å². The largest absolute Gasteiger partial charge is 0.370 e. The number of nitrogens with zero attached hydrogens (tertiary/aromatic N) is 4. The highest BCUT2D eigenvalue weighted by molar-refractivity contribution is 6.32. The Balaban J connectivity index is 1.25. The van der Waals surface area contributed by atoms with Crippen molar-refractivity contribution in [3.8, 4) is 17.3 Å². The lowest BCUT2D eigenvalue weighted by atomic mass is 9.89. The third kappa shape index (κ3) is 5.75. The lowest BCUT2D eigenvalue weighted by Gasteiger charge is -2.40. The molecule has 2 aliphatic rings. The number of nitrogens with one attached hydrogen (secondary N) is 2. The molecule has 6 nitrogen and oxygen atoms in total. The van der Waals surface area contributed by atoms with Gasteiger partial charge in [-0.05, 0) is 49.9 Å². The average molecular weight is 487 g/mol. The average Bonchev–Trinajstić information content (AvgIpc) is 2.91. The molecule has 3 atom stereocenters. The van der Waals surface area contributed by atoms with Crippen LogP contribution in [0.15, 0.2) is 60.8 Å². The molecule has 0 amide bonds. The van der Waals surface area contributed by atoms with Crippen LogP contribution >= 0.6 is 11.6 Å². The first-order valence-corrected chi connectivity index (χ1v) is 12.9. The van der Waals surface area contributed by atoms with E-state index in [4.69, 9.17) is 16.6 Å². The molecule has 1 saturated heterocycles. The van der Waals surface area contributed by atoms with Crippen molar-refractivity contribution in [1.82, 2.24) is 15.3 Å². The molecule has 1 aliphatic heterocycles. The molecule has 1 aromatic heterocycles. The molecule has 2 fully saturated rings. The quantitative estimate of drug-likeness (QED) is 0.468. The van der Waals surface area contributed by atoms with Gasteiger partial charge in [0.15, 0.2) is 0 Å². The van der Waals surface area contributed by atoms with E-state index in [1.807, 2.05) is 48.7 Å². The smallest absolute Gasteiger partial charge is 0.223 e. The fraction of sp³-hybridized carbons (Fsp3) is 0.393. The van der Waals surface area contributed by atoms with Crippen LogP contribution in [-0.4, -0.2) is 41.2 Å². The molecule has 1 saturated carbocycles. The summed E-state index contributed by atoms with van der Waals surface area (Å²) in [6.45, 7) is 1.94. The summed E-state index contributed by atoms with van der Waals surface area (Å²) >= 11 is 6.30. The Hall–Kier alpha value is -3.14. The summed E-state index contributed by atoms with van der Waals surface area (Å²) in [5.41, 5.74) is 3.65. The normalized spacial score (nSPS) is 22.4. The molecule has 7 heteroatoms. The first-order chi connectivity index (χ1) is 17.2. The van der Waals surface area contributed by atoms with Crippen LogP contribution in [0.25, 0.3) is 11.3 Å². The molecule has 35 heavy (non-hydrogen) atoms. The van der Waals surface area contributed by atoms with Crippen LogP contribution in [0.3, 0.4) is 0 Å². The van der Waals surface area contributed by atoms with E-state index in [9.17, 15) is 5.26 Å². The fourth-order valence-electron chi connectivity index (χ4n) is 5.31. The second-order valence-corrected chi connectivity index (χ2v) is 9.91. The highest BCUT2D eigenvalue weighted by atomic mass is 35.5. The van der Waals surface area contributed by atoms with Gasteiger partial charge in [-0.3, -0.25) is 0 Å². The molecule has 2 aromatic carbocycles. The van der Waals surface area contributed by atoms with Gasteiger partial charge < -0.3 is 15.5 Å². The first kappa shape index (κ1) is 23.6. The number of anilines is 2. The van der Waals surface area contributed by atoms with Gasteiger partial charge in [0.05, 0.1) is 16.3 Å². The molecule has 1 aliphatic carbocycles. The minimum atomic E-state index is 0.300. The molecule has 0 bridgehead atoms. The third-order valence-corrected chi connectivity index (χ3v) is 7.43. The maximum atomic E-state index is 9.17. The predicted octanol–water partition coefficient (Wildman–Crippen LogP) is 5.65. The molecule has 0 unspecified atom stereocenters. The SMILES string of the molecule is N#Cc1ccc(N2CCC[C@H](N[C@@H]3CCCC[C@H]3Nc3nccc(-c4ccccc4)n3)C2)cc1Cl. The Morgan fingerprint density at radius 3 is 2.60 bits per heavy atom. The lowest BCUT2D eigenvalue weighted by molar-refractivity contribution is 0.293. The van der Waals surface area contributed by atoms with Crippen LogP contribution < -0.4 is 15.5 Å². The van der Waals surface area contributed by atoms with E-state index in [1.165, 1.54) is 12.8 Å². The van der Waals surface area contributed by atoms with Crippen molar-refractivity contribution in [2.24, 2.45) is 0 Å². The van der Waals surface area contributed by atoms with Crippen molar-refractivity contribution in [3.63, 3.8) is 0 Å². The summed E-state index contributed by atoms with van der Waals surface area (Å²) in [4.78, 5) is 11.7. The summed E-state index contributed by atoms with van der Waals surface area (Å²) in [5, 5.41) is 17.3. The number of aromatic nitrogens is 2. The monoisotopic (exact) mass is 486 g/mol. The molecular weight excluding hydrogens is 456 g/mol. The van der Waals surface area contributed by atoms with Gasteiger partial charge in [-0.2, -0.15) is 5.26 Å². The molecule has 2 N–H and O–H groups in total. The van der Waals surface area contributed by atoms with Crippen LogP contribution in [0.5, 0.6) is 0 Å². The van der Waals surface area contributed by atoms with Gasteiger partial charge in [0.1, 0.15) is 6.07 Å². The zero-order chi connectivity index (χ0) is 24.0. The molecule has 3 aromatic rings. The molecule has 2 heterocycles. The molecule has 5 rings (SSSR count). The highest BCUT2D eigenvalue weighted by Crippen LogP contribution is 2.28. The Bertz CT molecular complexity index is 1180. The number of rotatable bonds is 6. The van der Waals surface area contributed by atoms with Crippen molar-refractivity contribution in [2.45, 2.75) is 56.7 Å². The second-order valence-electron chi connectivity index (χ2n) is 9.50. The van der Waals surface area contributed by atoms with Crippen molar-refractivity contribution >= 4 is 23.2 Å². The van der Waals surface area contributed by atoms with Crippen LogP contribution in [0.1, 0.15) is 44.1 Å². The number of halogens is 1. The maximum absolute atomic E-state index is 9.17. The number of benzene rings is 2. The van der Waals surface area contributed by atoms with Crippen LogP contribution in [0.4, 0.5) is 11.6 Å². The standard InChI is InChI=1S/C28H31ClN6/c29-24-17-23(13-12-21(24)18-30)35-16-6-9-22(19-35)32-26-10-4-5-11-27(26)34-28-31-15-14-25(33-28)20-7-2-1-3-8-20/h1-3,7-8,12-15,17,22,26-27,32H,4-6,9-11,16,19H2,(H,31,33,34)/t22-,26+,27+/m0/s1. The fourth-order valence-corrected chi connectivity index (χ4v) is 5.53. The van der Waals surface area contributed by atoms with Gasteiger partial charge in [-0.1, -0.05) is 54.8 Å². The highest BCUT2D eigenvalue weighted by Gasteiger charge is 2.30. The Labute approximate surface area is 212 Å². The van der Waals surface area contributed by atoms with E-state index >= 15 is 0 Å². The van der Waals surface area contributed by atoms with E-state index in [0.717, 1.165) is 55.7 Å². The summed E-state index contributed by atoms with van der Waals surface area (Å²) in [6, 6.07) is 21.2. The van der Waals surface area contributed by atoms with E-state index in [0.29, 0.717) is 34.7 Å². The van der Waals surface area contributed by atoms with Gasteiger partial charge in [-0.25, -0.2) is 9.97 Å². The maximum Gasteiger partial charge on any atom is 0.223 e. The van der Waals surface area contributed by atoms with Gasteiger partial charge in [0.25, 0.3) is 0 Å². The molecule has 0 radical (unpaired) electrons. The molecule has 180 valence electrons. The summed E-state index contributed by atoms with van der Waals surface area (Å²) in [5.74, 6) is 0.697. The number of piperidine rings is 1. The van der Waals surface area contributed by atoms with E-state index in [-0.39, 0.29) is 0 Å². The number of hydrogen-bond acceptors (Lipinski definition) is 6. The minimum Gasteiger partial charge on any atom is -0.370 e. The van der Waals surface area contributed by atoms with Gasteiger partial charge in [0, 0.05) is 48.7 Å². The summed E-state index contributed by atoms with van der Waals surface area (Å²) in [6.07, 6.45) is 8.83. The van der Waals surface area contributed by atoms with E-state index in [1.54, 1.807) is 0 Å². The third-order valence-electron chi connectivity index (χ3n) is 7.12. The zero-order valence-electron chi connectivity index (χ0n) is 19.8. The lowest BCUT2D eigenvalue weighted by Crippen LogP contribution is -2.55. The number of nitriles is 1. The number of hydrogen-bond donors (Lipinski definition) is 2. The van der Waals surface area contributed by atoms with Gasteiger partial charge in [-0.15, -0.1) is 0 Å². The first-order valence-electron chi connectivity index (χ1n) is 12.6. The Kier molecular flexibility index (Phi) is 7.46. The van der Waals surface area contributed by atoms with Crippen molar-refractivity contribution in [2.75, 3.05) is 23.3 Å². The molecular formula is C28H31ClN6. The topological polar surface area (TPSA) is 76.9 Å². The van der Waals surface area contributed by atoms with Crippen molar-refractivity contribution in [3.05, 3.63) is 71.4 Å².